The van der Waals surface area contributed by atoms with E-state index >= 15 is 0 Å². The molecule has 1 aromatic rings. The molecule has 0 aromatic heterocycles. The molecule has 1 atom stereocenters. The van der Waals surface area contributed by atoms with Crippen LogP contribution in [0.4, 0.5) is 0 Å². The fraction of sp³-hybridized carbons (Fsp3) is 0.600. The van der Waals surface area contributed by atoms with Crippen molar-refractivity contribution >= 4 is 0 Å². The summed E-state index contributed by atoms with van der Waals surface area (Å²) in [4.78, 5) is 0. The second-order valence-electron chi connectivity index (χ2n) is 5.20. The Morgan fingerprint density at radius 2 is 2.00 bits per heavy atom. The molecular weight excluding hydrogens is 228 g/mol. The first kappa shape index (κ1) is 12.0. The van der Waals surface area contributed by atoms with Gasteiger partial charge in [0.25, 0.3) is 0 Å². The van der Waals surface area contributed by atoms with E-state index < -0.39 is 0 Å². The average Bonchev–Trinajstić information content (AvgIpc) is 2.41. The molecule has 0 saturated carbocycles. The molecule has 1 aliphatic carbocycles. The van der Waals surface area contributed by atoms with Gasteiger partial charge in [-0.15, -0.1) is 0 Å². The largest absolute Gasteiger partial charge is 0.490 e. The molecule has 98 valence electrons. The van der Waals surface area contributed by atoms with Gasteiger partial charge in [0.05, 0.1) is 19.3 Å². The van der Waals surface area contributed by atoms with Gasteiger partial charge in [-0.25, -0.2) is 0 Å². The topological polar surface area (TPSA) is 38.7 Å². The number of aliphatic hydroxyl groups is 1. The summed E-state index contributed by atoms with van der Waals surface area (Å²) >= 11 is 0. The average molecular weight is 248 g/mol. The normalized spacial score (nSPS) is 24.6. The van der Waals surface area contributed by atoms with Gasteiger partial charge < -0.3 is 14.6 Å². The van der Waals surface area contributed by atoms with Crippen LogP contribution in [-0.4, -0.2) is 24.4 Å². The Bertz CT molecular complexity index is 410. The molecule has 3 rings (SSSR count). The summed E-state index contributed by atoms with van der Waals surface area (Å²) in [5.74, 6) is 0.890. The van der Waals surface area contributed by atoms with Crippen LogP contribution in [0, 0.1) is 0 Å². The Morgan fingerprint density at radius 3 is 2.83 bits per heavy atom. The van der Waals surface area contributed by atoms with Gasteiger partial charge in [-0.2, -0.15) is 0 Å². The van der Waals surface area contributed by atoms with Crippen LogP contribution in [0.1, 0.15) is 42.9 Å². The van der Waals surface area contributed by atoms with Crippen molar-refractivity contribution < 1.29 is 14.6 Å². The molecule has 18 heavy (non-hydrogen) atoms. The molecule has 2 aliphatic rings. The molecule has 1 fully saturated rings. The number of ether oxygens (including phenoxy) is 2. The number of fused-ring (bicyclic) bond motifs is 1. The summed E-state index contributed by atoms with van der Waals surface area (Å²) in [5.41, 5.74) is 2.33. The smallest absolute Gasteiger partial charge is 0.120 e. The third-order valence-corrected chi connectivity index (χ3v) is 3.87. The minimum Gasteiger partial charge on any atom is -0.490 e. The summed E-state index contributed by atoms with van der Waals surface area (Å²) in [6.07, 6.45) is 4.88. The Morgan fingerprint density at radius 1 is 1.17 bits per heavy atom. The van der Waals surface area contributed by atoms with Gasteiger partial charge >= 0.3 is 0 Å². The van der Waals surface area contributed by atoms with Crippen LogP contribution >= 0.6 is 0 Å². The van der Waals surface area contributed by atoms with Gasteiger partial charge in [-0.3, -0.25) is 0 Å². The molecule has 1 aliphatic heterocycles. The van der Waals surface area contributed by atoms with Crippen LogP contribution < -0.4 is 4.74 Å². The van der Waals surface area contributed by atoms with Crippen molar-refractivity contribution in [2.45, 2.75) is 44.3 Å². The van der Waals surface area contributed by atoms with E-state index in [1.165, 1.54) is 5.56 Å². The van der Waals surface area contributed by atoms with Crippen LogP contribution in [0.15, 0.2) is 18.2 Å². The zero-order chi connectivity index (χ0) is 12.4. The number of rotatable bonds is 2. The van der Waals surface area contributed by atoms with E-state index in [0.29, 0.717) is 0 Å². The summed E-state index contributed by atoms with van der Waals surface area (Å²) in [7, 11) is 0. The van der Waals surface area contributed by atoms with Crippen molar-refractivity contribution in [1.29, 1.82) is 0 Å². The lowest BCUT2D eigenvalue weighted by molar-refractivity contribution is 0.0254. The lowest BCUT2D eigenvalue weighted by Crippen LogP contribution is -2.26. The van der Waals surface area contributed by atoms with Crippen molar-refractivity contribution in [2.24, 2.45) is 0 Å². The van der Waals surface area contributed by atoms with Gasteiger partial charge in [0, 0.05) is 12.8 Å². The molecule has 0 amide bonds. The maximum atomic E-state index is 10.0. The van der Waals surface area contributed by atoms with E-state index in [4.69, 9.17) is 9.47 Å². The Kier molecular flexibility index (Phi) is 3.52. The lowest BCUT2D eigenvalue weighted by atomic mass is 9.89. The Balaban J connectivity index is 1.74. The zero-order valence-electron chi connectivity index (χ0n) is 10.6. The molecule has 1 aromatic carbocycles. The van der Waals surface area contributed by atoms with Gasteiger partial charge in [0.15, 0.2) is 0 Å². The molecule has 0 spiro atoms. The van der Waals surface area contributed by atoms with Crippen LogP contribution in [0.3, 0.4) is 0 Å². The van der Waals surface area contributed by atoms with E-state index in [1.54, 1.807) is 0 Å². The maximum Gasteiger partial charge on any atom is 0.120 e. The van der Waals surface area contributed by atoms with Crippen molar-refractivity contribution in [2.75, 3.05) is 13.2 Å². The van der Waals surface area contributed by atoms with Crippen molar-refractivity contribution in [3.63, 3.8) is 0 Å². The third kappa shape index (κ3) is 2.52. The Labute approximate surface area is 108 Å². The van der Waals surface area contributed by atoms with E-state index in [2.05, 4.69) is 6.07 Å². The summed E-state index contributed by atoms with van der Waals surface area (Å²) in [5, 5.41) is 10.0. The predicted octanol–water partition coefficient (Wildman–Crippen LogP) is 2.61. The summed E-state index contributed by atoms with van der Waals surface area (Å²) in [6.45, 7) is 1.58. The fourth-order valence-electron chi connectivity index (χ4n) is 2.81. The minimum absolute atomic E-state index is 0.262. The molecule has 3 nitrogen and oxygen atoms in total. The second kappa shape index (κ2) is 5.29. The Hall–Kier alpha value is -1.06. The van der Waals surface area contributed by atoms with E-state index in [-0.39, 0.29) is 12.2 Å². The molecule has 0 unspecified atom stereocenters. The molecule has 0 bridgehead atoms. The van der Waals surface area contributed by atoms with Crippen LogP contribution in [0.25, 0.3) is 0 Å². The van der Waals surface area contributed by atoms with Gasteiger partial charge in [0.1, 0.15) is 11.9 Å². The first-order chi connectivity index (χ1) is 8.83. The fourth-order valence-corrected chi connectivity index (χ4v) is 2.81. The van der Waals surface area contributed by atoms with E-state index in [9.17, 15) is 5.11 Å². The van der Waals surface area contributed by atoms with Crippen LogP contribution in [0.5, 0.6) is 5.75 Å². The SMILES string of the molecule is O[C@@H]1CCCc2ccc(OC3CCOCC3)cc21. The molecule has 3 heteroatoms. The van der Waals surface area contributed by atoms with Crippen LogP contribution in [-0.2, 0) is 11.2 Å². The van der Waals surface area contributed by atoms with E-state index in [1.807, 2.05) is 12.1 Å². The van der Waals surface area contributed by atoms with Crippen molar-refractivity contribution in [3.05, 3.63) is 29.3 Å². The highest BCUT2D eigenvalue weighted by Gasteiger charge is 2.20. The first-order valence-electron chi connectivity index (χ1n) is 6.88. The predicted molar refractivity (Wildman–Crippen MR) is 68.8 cm³/mol. The highest BCUT2D eigenvalue weighted by atomic mass is 16.5. The maximum absolute atomic E-state index is 10.0. The number of hydrogen-bond acceptors (Lipinski definition) is 3. The number of aryl methyl sites for hydroxylation is 1. The molecule has 1 N–H and O–H groups in total. The first-order valence-corrected chi connectivity index (χ1v) is 6.88. The number of hydrogen-bond donors (Lipinski definition) is 1. The van der Waals surface area contributed by atoms with Gasteiger partial charge in [0.2, 0.25) is 0 Å². The van der Waals surface area contributed by atoms with Gasteiger partial charge in [-0.1, -0.05) is 6.07 Å². The monoisotopic (exact) mass is 248 g/mol. The third-order valence-electron chi connectivity index (χ3n) is 3.87. The molecule has 0 radical (unpaired) electrons. The van der Waals surface area contributed by atoms with Crippen molar-refractivity contribution in [3.8, 4) is 5.75 Å². The molecule has 1 heterocycles. The van der Waals surface area contributed by atoms with Gasteiger partial charge in [-0.05, 0) is 42.5 Å². The quantitative estimate of drug-likeness (QED) is 0.874. The van der Waals surface area contributed by atoms with Crippen LogP contribution in [0.2, 0.25) is 0 Å². The lowest BCUT2D eigenvalue weighted by Gasteiger charge is -2.25. The molecular formula is C15H20O3. The second-order valence-corrected chi connectivity index (χ2v) is 5.20. The summed E-state index contributed by atoms with van der Waals surface area (Å²) < 4.78 is 11.3. The summed E-state index contributed by atoms with van der Waals surface area (Å²) in [6, 6.07) is 6.16. The highest BCUT2D eigenvalue weighted by molar-refractivity contribution is 5.38. The number of benzene rings is 1. The minimum atomic E-state index is -0.313. The van der Waals surface area contributed by atoms with E-state index in [0.717, 1.165) is 56.6 Å². The zero-order valence-corrected chi connectivity index (χ0v) is 10.6. The van der Waals surface area contributed by atoms with Crippen molar-refractivity contribution in [1.82, 2.24) is 0 Å². The molecule has 1 saturated heterocycles. The highest BCUT2D eigenvalue weighted by Crippen LogP contribution is 2.32. The number of aliphatic hydroxyl groups excluding tert-OH is 1. The standard InChI is InChI=1S/C15H20O3/c16-15-3-1-2-11-4-5-13(10-14(11)15)18-12-6-8-17-9-7-12/h4-5,10,12,15-16H,1-3,6-9H2/t15-/m1/s1.